The Bertz CT molecular complexity index is 1070. The summed E-state index contributed by atoms with van der Waals surface area (Å²) in [6.45, 7) is 3.49. The van der Waals surface area contributed by atoms with Crippen molar-refractivity contribution in [2.75, 3.05) is 13.1 Å². The Labute approximate surface area is 156 Å². The van der Waals surface area contributed by atoms with Crippen molar-refractivity contribution in [3.63, 3.8) is 0 Å². The minimum absolute atomic E-state index is 0.203. The van der Waals surface area contributed by atoms with Gasteiger partial charge in [0, 0.05) is 31.0 Å². The summed E-state index contributed by atoms with van der Waals surface area (Å²) in [6.07, 6.45) is -1.87. The van der Waals surface area contributed by atoms with E-state index >= 15 is 0 Å². The fourth-order valence-corrected chi connectivity index (χ4v) is 3.09. The Kier molecular flexibility index (Phi) is 4.13. The van der Waals surface area contributed by atoms with Crippen molar-refractivity contribution < 1.29 is 22.4 Å². The van der Waals surface area contributed by atoms with Crippen LogP contribution in [0.5, 0.6) is 0 Å². The van der Waals surface area contributed by atoms with Crippen LogP contribution in [0.2, 0.25) is 0 Å². The fourth-order valence-electron chi connectivity index (χ4n) is 3.09. The van der Waals surface area contributed by atoms with E-state index in [9.17, 15) is 22.4 Å². The lowest BCUT2D eigenvalue weighted by Gasteiger charge is -2.38. The predicted molar refractivity (Wildman–Crippen MR) is 91.6 cm³/mol. The largest absolute Gasteiger partial charge is 0.433 e. The van der Waals surface area contributed by atoms with Crippen molar-refractivity contribution >= 4 is 16.9 Å². The lowest BCUT2D eigenvalue weighted by Crippen LogP contribution is -2.51. The van der Waals surface area contributed by atoms with E-state index in [1.54, 1.807) is 23.0 Å². The van der Waals surface area contributed by atoms with Crippen LogP contribution in [-0.4, -0.2) is 43.6 Å². The minimum Gasteiger partial charge on any atom is -0.332 e. The van der Waals surface area contributed by atoms with Gasteiger partial charge in [0.15, 0.2) is 5.83 Å². The Morgan fingerprint density at radius 1 is 1.18 bits per heavy atom. The minimum atomic E-state index is -4.53. The highest BCUT2D eigenvalue weighted by Crippen LogP contribution is 2.33. The van der Waals surface area contributed by atoms with Gasteiger partial charge in [-0.3, -0.25) is 19.4 Å². The fraction of sp³-hybridized carbons (Fsp3) is 0.222. The number of halogens is 4. The van der Waals surface area contributed by atoms with Crippen LogP contribution in [0.25, 0.3) is 22.3 Å². The number of hydrogen-bond acceptors (Lipinski definition) is 4. The van der Waals surface area contributed by atoms with Crippen molar-refractivity contribution in [3.8, 4) is 11.3 Å². The number of amides is 1. The van der Waals surface area contributed by atoms with Crippen LogP contribution < -0.4 is 0 Å². The number of carbonyl (C=O) groups excluding carboxylic acids is 1. The maximum absolute atomic E-state index is 13.0. The molecule has 4 rings (SSSR count). The molecule has 0 aromatic carbocycles. The van der Waals surface area contributed by atoms with Crippen LogP contribution >= 0.6 is 0 Å². The zero-order valence-corrected chi connectivity index (χ0v) is 14.3. The molecule has 3 aromatic heterocycles. The molecule has 28 heavy (non-hydrogen) atoms. The summed E-state index contributed by atoms with van der Waals surface area (Å²) in [5.41, 5.74) is 0.946. The van der Waals surface area contributed by atoms with E-state index in [1.807, 2.05) is 0 Å². The molecule has 0 unspecified atom stereocenters. The van der Waals surface area contributed by atoms with Gasteiger partial charge < -0.3 is 4.90 Å². The van der Waals surface area contributed by atoms with Gasteiger partial charge in [-0.1, -0.05) is 6.58 Å². The van der Waals surface area contributed by atoms with Crippen molar-refractivity contribution in [1.29, 1.82) is 0 Å². The molecule has 3 aromatic rings. The lowest BCUT2D eigenvalue weighted by atomic mass is 10.1. The molecular formula is C18H13F4N5O. The zero-order valence-electron chi connectivity index (χ0n) is 14.3. The Morgan fingerprint density at radius 3 is 2.54 bits per heavy atom. The number of carbonyl (C=O) groups is 1. The van der Waals surface area contributed by atoms with Gasteiger partial charge in [0.1, 0.15) is 16.9 Å². The van der Waals surface area contributed by atoms with Gasteiger partial charge in [0.25, 0.3) is 5.91 Å². The number of pyridine rings is 2. The summed E-state index contributed by atoms with van der Waals surface area (Å²) in [6, 6.07) is 5.46. The number of aromatic nitrogens is 4. The number of likely N-dealkylation sites (tertiary alicyclic amines) is 1. The summed E-state index contributed by atoms with van der Waals surface area (Å²) in [5.74, 6) is -1.79. The molecule has 0 spiro atoms. The van der Waals surface area contributed by atoms with Crippen molar-refractivity contribution in [3.05, 3.63) is 54.8 Å². The summed E-state index contributed by atoms with van der Waals surface area (Å²) in [5, 5.41) is 4.49. The second-order valence-electron chi connectivity index (χ2n) is 6.36. The molecule has 0 radical (unpaired) electrons. The highest BCUT2D eigenvalue weighted by atomic mass is 19.4. The normalized spacial score (nSPS) is 14.9. The topological polar surface area (TPSA) is 63.9 Å². The number of nitrogens with zero attached hydrogens (tertiary/aromatic N) is 5. The van der Waals surface area contributed by atoms with Crippen LogP contribution in [0.1, 0.15) is 11.7 Å². The lowest BCUT2D eigenvalue weighted by molar-refractivity contribution is -0.141. The molecule has 0 aliphatic carbocycles. The van der Waals surface area contributed by atoms with E-state index < -0.39 is 23.6 Å². The van der Waals surface area contributed by atoms with Gasteiger partial charge in [-0.25, -0.2) is 4.39 Å². The van der Waals surface area contributed by atoms with Gasteiger partial charge in [-0.2, -0.15) is 18.3 Å². The van der Waals surface area contributed by atoms with Crippen molar-refractivity contribution in [2.45, 2.75) is 12.2 Å². The first-order chi connectivity index (χ1) is 13.3. The molecular weight excluding hydrogens is 378 g/mol. The number of alkyl halides is 3. The molecule has 10 heteroatoms. The van der Waals surface area contributed by atoms with Crippen LogP contribution in [-0.2, 0) is 11.0 Å². The highest BCUT2D eigenvalue weighted by molar-refractivity contribution is 5.92. The Balaban J connectivity index is 1.68. The van der Waals surface area contributed by atoms with Gasteiger partial charge >= 0.3 is 6.18 Å². The number of fused-ring (bicyclic) bond motifs is 1. The van der Waals surface area contributed by atoms with E-state index in [0.29, 0.717) is 22.3 Å². The highest BCUT2D eigenvalue weighted by Gasteiger charge is 2.35. The van der Waals surface area contributed by atoms with Gasteiger partial charge in [0.2, 0.25) is 0 Å². The predicted octanol–water partition coefficient (Wildman–Crippen LogP) is 3.38. The van der Waals surface area contributed by atoms with E-state index in [0.717, 1.165) is 12.3 Å². The summed E-state index contributed by atoms with van der Waals surface area (Å²) in [4.78, 5) is 20.7. The zero-order chi connectivity index (χ0) is 20.1. The molecule has 1 saturated heterocycles. The smallest absolute Gasteiger partial charge is 0.332 e. The molecule has 1 aliphatic rings. The van der Waals surface area contributed by atoms with Crippen LogP contribution in [0.3, 0.4) is 0 Å². The first-order valence-corrected chi connectivity index (χ1v) is 8.26. The van der Waals surface area contributed by atoms with Gasteiger partial charge in [0.05, 0.1) is 11.6 Å². The van der Waals surface area contributed by atoms with E-state index in [-0.39, 0.29) is 19.1 Å². The summed E-state index contributed by atoms with van der Waals surface area (Å²) >= 11 is 0. The second-order valence-corrected chi connectivity index (χ2v) is 6.36. The first kappa shape index (κ1) is 18.1. The third-order valence-corrected chi connectivity index (χ3v) is 4.52. The van der Waals surface area contributed by atoms with Crippen LogP contribution in [0.4, 0.5) is 17.6 Å². The third-order valence-electron chi connectivity index (χ3n) is 4.52. The molecule has 0 saturated carbocycles. The van der Waals surface area contributed by atoms with Crippen molar-refractivity contribution in [2.24, 2.45) is 0 Å². The van der Waals surface area contributed by atoms with E-state index in [1.165, 1.54) is 11.0 Å². The van der Waals surface area contributed by atoms with E-state index in [4.69, 9.17) is 0 Å². The quantitative estimate of drug-likeness (QED) is 0.507. The maximum atomic E-state index is 13.0. The SMILES string of the molecule is C=C(F)C(=O)N1CC(n2nc(-c3ccc(C(F)(F)F)nc3)c3ncccc32)C1. The standard InChI is InChI=1S/C18H13F4N5O/c1-10(19)17(28)26-8-12(9-26)27-13-3-2-6-23-16(13)15(25-27)11-4-5-14(24-7-11)18(20,21)22/h2-7,12H,1,8-9H2. The number of hydrogen-bond donors (Lipinski definition) is 0. The molecule has 1 aliphatic heterocycles. The average molecular weight is 391 g/mol. The maximum Gasteiger partial charge on any atom is 0.433 e. The molecule has 0 N–H and O–H groups in total. The molecule has 1 fully saturated rings. The summed E-state index contributed by atoms with van der Waals surface area (Å²) < 4.78 is 52.9. The second kappa shape index (κ2) is 6.39. The van der Waals surface area contributed by atoms with E-state index in [2.05, 4.69) is 21.6 Å². The van der Waals surface area contributed by atoms with Crippen molar-refractivity contribution in [1.82, 2.24) is 24.6 Å². The molecule has 144 valence electrons. The summed E-state index contributed by atoms with van der Waals surface area (Å²) in [7, 11) is 0. The molecule has 6 nitrogen and oxygen atoms in total. The molecule has 4 heterocycles. The van der Waals surface area contributed by atoms with Gasteiger partial charge in [-0.15, -0.1) is 0 Å². The molecule has 0 bridgehead atoms. The number of rotatable bonds is 3. The molecule has 1 amide bonds. The van der Waals surface area contributed by atoms with Gasteiger partial charge in [-0.05, 0) is 24.3 Å². The first-order valence-electron chi connectivity index (χ1n) is 8.26. The third kappa shape index (κ3) is 3.00. The monoisotopic (exact) mass is 391 g/mol. The Hall–Kier alpha value is -3.30. The Morgan fingerprint density at radius 2 is 1.93 bits per heavy atom. The average Bonchev–Trinajstić information content (AvgIpc) is 2.99. The van der Waals surface area contributed by atoms with Crippen LogP contribution in [0.15, 0.2) is 49.1 Å². The van der Waals surface area contributed by atoms with Crippen LogP contribution in [0, 0.1) is 0 Å². The molecule has 0 atom stereocenters.